The number of nitrogens with zero attached hydrogens (tertiary/aromatic N) is 1. The van der Waals surface area contributed by atoms with Gasteiger partial charge in [0.25, 0.3) is 5.91 Å². The van der Waals surface area contributed by atoms with Crippen LogP contribution in [0.25, 0.3) is 0 Å². The van der Waals surface area contributed by atoms with E-state index in [4.69, 9.17) is 5.11 Å². The number of amides is 1. The molecule has 0 aliphatic rings. The summed E-state index contributed by atoms with van der Waals surface area (Å²) < 4.78 is 12.9. The summed E-state index contributed by atoms with van der Waals surface area (Å²) in [4.78, 5) is 15.2. The lowest BCUT2D eigenvalue weighted by Crippen LogP contribution is -2.24. The van der Waals surface area contributed by atoms with Gasteiger partial charge < -0.3 is 10.4 Å². The van der Waals surface area contributed by atoms with Gasteiger partial charge in [-0.25, -0.2) is 4.98 Å². The third kappa shape index (κ3) is 3.59. The number of rotatable bonds is 4. The van der Waals surface area contributed by atoms with Crippen molar-refractivity contribution in [3.63, 3.8) is 0 Å². The van der Waals surface area contributed by atoms with Gasteiger partial charge in [0.05, 0.1) is 6.61 Å². The zero-order chi connectivity index (χ0) is 13.7. The zero-order valence-corrected chi connectivity index (χ0v) is 10.1. The number of hydrogen-bond donors (Lipinski definition) is 2. The van der Waals surface area contributed by atoms with Gasteiger partial charge in [0.1, 0.15) is 5.69 Å². The highest BCUT2D eigenvalue weighted by Crippen LogP contribution is 2.04. The van der Waals surface area contributed by atoms with E-state index >= 15 is 0 Å². The second kappa shape index (κ2) is 6.06. The minimum Gasteiger partial charge on any atom is -0.392 e. The topological polar surface area (TPSA) is 62.2 Å². The summed E-state index contributed by atoms with van der Waals surface area (Å²) >= 11 is 0. The molecule has 0 fully saturated rings. The van der Waals surface area contributed by atoms with Crippen LogP contribution in [-0.2, 0) is 13.2 Å². The molecule has 98 valence electrons. The van der Waals surface area contributed by atoms with Gasteiger partial charge in [-0.3, -0.25) is 4.79 Å². The van der Waals surface area contributed by atoms with Crippen LogP contribution in [0.3, 0.4) is 0 Å². The molecule has 1 heterocycles. The lowest BCUT2D eigenvalue weighted by atomic mass is 10.1. The first-order valence-electron chi connectivity index (χ1n) is 5.78. The first-order chi connectivity index (χ1) is 9.19. The number of halogens is 1. The lowest BCUT2D eigenvalue weighted by molar-refractivity contribution is 0.0944. The maximum atomic E-state index is 12.9. The second-order valence-electron chi connectivity index (χ2n) is 4.00. The molecule has 1 aromatic heterocycles. The Kier molecular flexibility index (Phi) is 4.20. The Bertz CT molecular complexity index is 570. The number of aromatic nitrogens is 1. The number of aliphatic hydroxyl groups excluding tert-OH is 1. The minimum absolute atomic E-state index is 0.0140. The Hall–Kier alpha value is -2.27. The predicted octanol–water partition coefficient (Wildman–Crippen LogP) is 1.64. The summed E-state index contributed by atoms with van der Waals surface area (Å²) in [5.41, 5.74) is 1.75. The molecule has 1 aromatic carbocycles. The summed E-state index contributed by atoms with van der Waals surface area (Å²) in [7, 11) is 0. The van der Waals surface area contributed by atoms with Crippen LogP contribution in [0.15, 0.2) is 42.5 Å². The van der Waals surface area contributed by atoms with Crippen molar-refractivity contribution in [2.75, 3.05) is 0 Å². The second-order valence-corrected chi connectivity index (χ2v) is 4.00. The maximum absolute atomic E-state index is 12.9. The highest BCUT2D eigenvalue weighted by molar-refractivity contribution is 5.92. The summed E-state index contributed by atoms with van der Waals surface area (Å²) in [6, 6.07) is 11.3. The van der Waals surface area contributed by atoms with E-state index in [1.54, 1.807) is 12.1 Å². The molecule has 2 rings (SSSR count). The van der Waals surface area contributed by atoms with Crippen molar-refractivity contribution in [1.82, 2.24) is 10.3 Å². The molecule has 5 heteroatoms. The van der Waals surface area contributed by atoms with Crippen molar-refractivity contribution in [2.45, 2.75) is 13.2 Å². The summed E-state index contributed by atoms with van der Waals surface area (Å²) in [5, 5.41) is 11.6. The molecule has 0 saturated carbocycles. The largest absolute Gasteiger partial charge is 0.392 e. The van der Waals surface area contributed by atoms with Crippen LogP contribution in [0.5, 0.6) is 0 Å². The number of carbonyl (C=O) groups excluding carboxylic acids is 1. The van der Waals surface area contributed by atoms with Crippen LogP contribution in [0.2, 0.25) is 0 Å². The molecular weight excluding hydrogens is 247 g/mol. The summed E-state index contributed by atoms with van der Waals surface area (Å²) in [6.45, 7) is 0.308. The SMILES string of the molecule is O=C(NCc1ccc(CO)cc1)c1cccc(F)n1. The molecule has 0 saturated heterocycles. The van der Waals surface area contributed by atoms with Crippen molar-refractivity contribution in [2.24, 2.45) is 0 Å². The standard InChI is InChI=1S/C14H13FN2O2/c15-13-3-1-2-12(17-13)14(19)16-8-10-4-6-11(9-18)7-5-10/h1-7,18H,8-9H2,(H,16,19). The first-order valence-corrected chi connectivity index (χ1v) is 5.78. The molecule has 2 N–H and O–H groups in total. The fraction of sp³-hybridized carbons (Fsp3) is 0.143. The number of hydrogen-bond acceptors (Lipinski definition) is 3. The fourth-order valence-corrected chi connectivity index (χ4v) is 1.57. The van der Waals surface area contributed by atoms with E-state index in [0.29, 0.717) is 6.54 Å². The Labute approximate surface area is 109 Å². The molecule has 0 unspecified atom stereocenters. The number of benzene rings is 1. The van der Waals surface area contributed by atoms with Crippen LogP contribution in [0, 0.1) is 5.95 Å². The first kappa shape index (κ1) is 13.2. The molecule has 0 spiro atoms. The van der Waals surface area contributed by atoms with Crippen molar-refractivity contribution < 1.29 is 14.3 Å². The fourth-order valence-electron chi connectivity index (χ4n) is 1.57. The van der Waals surface area contributed by atoms with Gasteiger partial charge >= 0.3 is 0 Å². The normalized spacial score (nSPS) is 10.2. The monoisotopic (exact) mass is 260 g/mol. The third-order valence-electron chi connectivity index (χ3n) is 2.61. The van der Waals surface area contributed by atoms with Crippen molar-refractivity contribution >= 4 is 5.91 Å². The van der Waals surface area contributed by atoms with Crippen molar-refractivity contribution in [3.8, 4) is 0 Å². The predicted molar refractivity (Wildman–Crippen MR) is 67.7 cm³/mol. The highest BCUT2D eigenvalue weighted by Gasteiger charge is 2.07. The number of aliphatic hydroxyl groups is 1. The van der Waals surface area contributed by atoms with Crippen LogP contribution in [0.1, 0.15) is 21.6 Å². The summed E-state index contributed by atoms with van der Waals surface area (Å²) in [5.74, 6) is -1.11. The van der Waals surface area contributed by atoms with Gasteiger partial charge in [0.15, 0.2) is 0 Å². The number of carbonyl (C=O) groups is 1. The van der Waals surface area contributed by atoms with Crippen LogP contribution in [-0.4, -0.2) is 16.0 Å². The molecule has 2 aromatic rings. The van der Waals surface area contributed by atoms with E-state index in [2.05, 4.69) is 10.3 Å². The van der Waals surface area contributed by atoms with Crippen LogP contribution < -0.4 is 5.32 Å². The van der Waals surface area contributed by atoms with E-state index < -0.39 is 11.9 Å². The quantitative estimate of drug-likeness (QED) is 0.821. The van der Waals surface area contributed by atoms with E-state index in [9.17, 15) is 9.18 Å². The molecule has 0 aliphatic carbocycles. The molecule has 4 nitrogen and oxygen atoms in total. The molecular formula is C14H13FN2O2. The van der Waals surface area contributed by atoms with Gasteiger partial charge in [-0.1, -0.05) is 30.3 Å². The number of pyridine rings is 1. The smallest absolute Gasteiger partial charge is 0.270 e. The molecule has 0 bridgehead atoms. The van der Waals surface area contributed by atoms with E-state index in [0.717, 1.165) is 11.1 Å². The van der Waals surface area contributed by atoms with Crippen LogP contribution in [0.4, 0.5) is 4.39 Å². The van der Waals surface area contributed by atoms with Gasteiger partial charge in [0, 0.05) is 6.54 Å². The lowest BCUT2D eigenvalue weighted by Gasteiger charge is -2.05. The van der Waals surface area contributed by atoms with E-state index in [1.807, 2.05) is 12.1 Å². The molecule has 0 aliphatic heterocycles. The molecule has 1 amide bonds. The average Bonchev–Trinajstić information content (AvgIpc) is 2.45. The van der Waals surface area contributed by atoms with E-state index in [1.165, 1.54) is 18.2 Å². The highest BCUT2D eigenvalue weighted by atomic mass is 19.1. The zero-order valence-electron chi connectivity index (χ0n) is 10.1. The Morgan fingerprint density at radius 3 is 2.47 bits per heavy atom. The number of nitrogens with one attached hydrogen (secondary N) is 1. The van der Waals surface area contributed by atoms with Gasteiger partial charge in [0.2, 0.25) is 5.95 Å². The summed E-state index contributed by atoms with van der Waals surface area (Å²) in [6.07, 6.45) is 0. The minimum atomic E-state index is -0.681. The molecule has 0 atom stereocenters. The Morgan fingerprint density at radius 1 is 1.16 bits per heavy atom. The third-order valence-corrected chi connectivity index (χ3v) is 2.61. The average molecular weight is 260 g/mol. The van der Waals surface area contributed by atoms with E-state index in [-0.39, 0.29) is 12.3 Å². The van der Waals surface area contributed by atoms with Gasteiger partial charge in [-0.05, 0) is 23.3 Å². The van der Waals surface area contributed by atoms with Crippen molar-refractivity contribution in [1.29, 1.82) is 0 Å². The molecule has 0 radical (unpaired) electrons. The van der Waals surface area contributed by atoms with Gasteiger partial charge in [-0.15, -0.1) is 0 Å². The Balaban J connectivity index is 1.96. The van der Waals surface area contributed by atoms with Crippen molar-refractivity contribution in [3.05, 3.63) is 65.2 Å². The Morgan fingerprint density at radius 2 is 1.84 bits per heavy atom. The molecule has 19 heavy (non-hydrogen) atoms. The van der Waals surface area contributed by atoms with Gasteiger partial charge in [-0.2, -0.15) is 4.39 Å². The maximum Gasteiger partial charge on any atom is 0.270 e. The van der Waals surface area contributed by atoms with Crippen LogP contribution >= 0.6 is 0 Å².